The smallest absolute Gasteiger partial charge is 0.259 e. The first-order valence-electron chi connectivity index (χ1n) is 10.4. The standard InChI is InChI=1S/C26H22N4O2/c1-16-7-5-9-18(13-16)23(19-10-6-8-17(2)14-19)28-26(32)21-15-27-30-22-12-4-3-11-20(22)25(31)29-24(21)30/h3-15,23H,1-2H3,(H,28,32)(H,29,31). The Bertz CT molecular complexity index is 1480. The summed E-state index contributed by atoms with van der Waals surface area (Å²) >= 11 is 0. The molecule has 0 atom stereocenters. The van der Waals surface area contributed by atoms with Gasteiger partial charge in [-0.3, -0.25) is 9.59 Å². The van der Waals surface area contributed by atoms with Crippen LogP contribution >= 0.6 is 0 Å². The minimum absolute atomic E-state index is 0.253. The van der Waals surface area contributed by atoms with Crippen molar-refractivity contribution in [1.29, 1.82) is 0 Å². The van der Waals surface area contributed by atoms with Gasteiger partial charge in [-0.1, -0.05) is 71.8 Å². The quantitative estimate of drug-likeness (QED) is 0.453. The Labute approximate surface area is 184 Å². The lowest BCUT2D eigenvalue weighted by molar-refractivity contribution is 0.0944. The number of aromatic amines is 1. The SMILES string of the molecule is Cc1cccc(C(NC(=O)c2cnn3c2[nH]c(=O)c2ccccc23)c2cccc(C)c2)c1. The summed E-state index contributed by atoms with van der Waals surface area (Å²) in [5.41, 5.74) is 5.29. The van der Waals surface area contributed by atoms with Gasteiger partial charge in [-0.25, -0.2) is 4.52 Å². The van der Waals surface area contributed by atoms with E-state index in [1.807, 2.05) is 62.4 Å². The summed E-state index contributed by atoms with van der Waals surface area (Å²) in [4.78, 5) is 28.8. The maximum absolute atomic E-state index is 13.4. The van der Waals surface area contributed by atoms with Gasteiger partial charge < -0.3 is 10.3 Å². The predicted octanol–water partition coefficient (Wildman–Crippen LogP) is 4.31. The van der Waals surface area contributed by atoms with Crippen molar-refractivity contribution in [3.05, 3.63) is 117 Å². The van der Waals surface area contributed by atoms with Gasteiger partial charge in [0.05, 0.1) is 23.1 Å². The number of carbonyl (C=O) groups is 1. The highest BCUT2D eigenvalue weighted by atomic mass is 16.2. The van der Waals surface area contributed by atoms with Crippen LogP contribution in [0.2, 0.25) is 0 Å². The maximum atomic E-state index is 13.4. The summed E-state index contributed by atoms with van der Waals surface area (Å²) in [5, 5.41) is 8.05. The van der Waals surface area contributed by atoms with E-state index in [4.69, 9.17) is 0 Å². The molecule has 0 saturated carbocycles. The molecule has 0 saturated heterocycles. The van der Waals surface area contributed by atoms with Crippen LogP contribution in [-0.2, 0) is 0 Å². The lowest BCUT2D eigenvalue weighted by Gasteiger charge is -2.20. The minimum Gasteiger partial charge on any atom is -0.341 e. The summed E-state index contributed by atoms with van der Waals surface area (Å²) in [6.45, 7) is 4.06. The Morgan fingerprint density at radius 1 is 0.938 bits per heavy atom. The minimum atomic E-state index is -0.343. The monoisotopic (exact) mass is 422 g/mol. The second kappa shape index (κ2) is 7.81. The number of fused-ring (bicyclic) bond motifs is 3. The van der Waals surface area contributed by atoms with Crippen LogP contribution in [0.5, 0.6) is 0 Å². The van der Waals surface area contributed by atoms with Gasteiger partial charge in [0.15, 0.2) is 0 Å². The lowest BCUT2D eigenvalue weighted by atomic mass is 9.96. The fourth-order valence-electron chi connectivity index (χ4n) is 4.11. The third kappa shape index (κ3) is 3.46. The van der Waals surface area contributed by atoms with Gasteiger partial charge in [0.2, 0.25) is 0 Å². The van der Waals surface area contributed by atoms with Crippen LogP contribution in [0.4, 0.5) is 0 Å². The first kappa shape index (κ1) is 19.8. The van der Waals surface area contributed by atoms with Crippen LogP contribution in [0.15, 0.2) is 83.8 Å². The molecule has 1 amide bonds. The Balaban J connectivity index is 1.59. The molecule has 32 heavy (non-hydrogen) atoms. The normalized spacial score (nSPS) is 11.3. The van der Waals surface area contributed by atoms with E-state index in [-0.39, 0.29) is 17.5 Å². The fraction of sp³-hybridized carbons (Fsp3) is 0.115. The number of nitrogens with zero attached hydrogens (tertiary/aromatic N) is 2. The number of aromatic nitrogens is 3. The van der Waals surface area contributed by atoms with Crippen molar-refractivity contribution in [2.45, 2.75) is 19.9 Å². The molecule has 0 radical (unpaired) electrons. The molecule has 5 rings (SSSR count). The number of para-hydroxylation sites is 1. The van der Waals surface area contributed by atoms with Crippen molar-refractivity contribution in [2.75, 3.05) is 0 Å². The molecule has 2 N–H and O–H groups in total. The fourth-order valence-corrected chi connectivity index (χ4v) is 4.11. The second-order valence-corrected chi connectivity index (χ2v) is 8.02. The number of benzene rings is 3. The van der Waals surface area contributed by atoms with Crippen LogP contribution in [0, 0.1) is 13.8 Å². The number of H-pyrrole nitrogens is 1. The van der Waals surface area contributed by atoms with Gasteiger partial charge in [0, 0.05) is 0 Å². The average molecular weight is 422 g/mol. The van der Waals surface area contributed by atoms with Crippen LogP contribution in [0.1, 0.15) is 38.7 Å². The van der Waals surface area contributed by atoms with E-state index >= 15 is 0 Å². The van der Waals surface area contributed by atoms with E-state index in [2.05, 4.69) is 27.5 Å². The van der Waals surface area contributed by atoms with E-state index in [9.17, 15) is 9.59 Å². The van der Waals surface area contributed by atoms with Gasteiger partial charge in [0.1, 0.15) is 11.2 Å². The number of amides is 1. The van der Waals surface area contributed by atoms with Crippen molar-refractivity contribution < 1.29 is 4.79 Å². The molecule has 158 valence electrons. The molecular weight excluding hydrogens is 400 g/mol. The Morgan fingerprint density at radius 3 is 2.25 bits per heavy atom. The number of nitrogens with one attached hydrogen (secondary N) is 2. The van der Waals surface area contributed by atoms with Crippen molar-refractivity contribution in [2.24, 2.45) is 0 Å². The zero-order valence-corrected chi connectivity index (χ0v) is 17.8. The zero-order valence-electron chi connectivity index (χ0n) is 17.8. The third-order valence-corrected chi connectivity index (χ3v) is 5.65. The number of hydrogen-bond acceptors (Lipinski definition) is 3. The predicted molar refractivity (Wildman–Crippen MR) is 125 cm³/mol. The number of rotatable bonds is 4. The Kier molecular flexibility index (Phi) is 4.82. The first-order valence-corrected chi connectivity index (χ1v) is 10.4. The molecule has 6 nitrogen and oxygen atoms in total. The molecule has 0 spiro atoms. The van der Waals surface area contributed by atoms with Gasteiger partial charge >= 0.3 is 0 Å². The summed E-state index contributed by atoms with van der Waals surface area (Å²) in [7, 11) is 0. The summed E-state index contributed by atoms with van der Waals surface area (Å²) in [6, 6.07) is 23.0. The van der Waals surface area contributed by atoms with Crippen LogP contribution in [0.25, 0.3) is 16.6 Å². The molecule has 0 unspecified atom stereocenters. The number of hydrogen-bond donors (Lipinski definition) is 2. The highest BCUT2D eigenvalue weighted by Gasteiger charge is 2.22. The molecule has 0 aliphatic heterocycles. The average Bonchev–Trinajstić information content (AvgIpc) is 3.21. The molecule has 2 aromatic heterocycles. The molecule has 6 heteroatoms. The van der Waals surface area contributed by atoms with E-state index < -0.39 is 0 Å². The van der Waals surface area contributed by atoms with E-state index in [1.54, 1.807) is 16.6 Å². The van der Waals surface area contributed by atoms with Crippen LogP contribution < -0.4 is 10.9 Å². The lowest BCUT2D eigenvalue weighted by Crippen LogP contribution is -2.29. The van der Waals surface area contributed by atoms with Crippen molar-refractivity contribution in [3.63, 3.8) is 0 Å². The molecular formula is C26H22N4O2. The number of carbonyl (C=O) groups excluding carboxylic acids is 1. The third-order valence-electron chi connectivity index (χ3n) is 5.65. The van der Waals surface area contributed by atoms with E-state index in [0.717, 1.165) is 22.3 Å². The van der Waals surface area contributed by atoms with Gasteiger partial charge in [-0.15, -0.1) is 0 Å². The summed E-state index contributed by atoms with van der Waals surface area (Å²) < 4.78 is 1.60. The topological polar surface area (TPSA) is 79.3 Å². The highest BCUT2D eigenvalue weighted by molar-refractivity contribution is 6.01. The van der Waals surface area contributed by atoms with Gasteiger partial charge in [-0.2, -0.15) is 5.10 Å². The molecule has 2 heterocycles. The van der Waals surface area contributed by atoms with Gasteiger partial charge in [-0.05, 0) is 37.1 Å². The molecule has 0 bridgehead atoms. The Morgan fingerprint density at radius 2 is 1.59 bits per heavy atom. The molecule has 3 aromatic carbocycles. The van der Waals surface area contributed by atoms with Crippen LogP contribution in [-0.4, -0.2) is 20.5 Å². The molecule has 0 aliphatic carbocycles. The van der Waals surface area contributed by atoms with Crippen molar-refractivity contribution in [3.8, 4) is 0 Å². The van der Waals surface area contributed by atoms with Crippen LogP contribution in [0.3, 0.4) is 0 Å². The van der Waals surface area contributed by atoms with E-state index in [0.29, 0.717) is 22.1 Å². The largest absolute Gasteiger partial charge is 0.341 e. The molecule has 5 aromatic rings. The second-order valence-electron chi connectivity index (χ2n) is 8.02. The Hall–Kier alpha value is -4.19. The maximum Gasteiger partial charge on any atom is 0.259 e. The summed E-state index contributed by atoms with van der Waals surface area (Å²) in [5.74, 6) is -0.307. The van der Waals surface area contributed by atoms with Crippen molar-refractivity contribution >= 4 is 22.5 Å². The first-order chi connectivity index (χ1) is 15.5. The van der Waals surface area contributed by atoms with Crippen molar-refractivity contribution in [1.82, 2.24) is 19.9 Å². The van der Waals surface area contributed by atoms with Gasteiger partial charge in [0.25, 0.3) is 11.5 Å². The molecule has 0 fully saturated rings. The summed E-state index contributed by atoms with van der Waals surface area (Å²) in [6.07, 6.45) is 1.50. The number of aryl methyl sites for hydroxylation is 2. The molecule has 0 aliphatic rings. The zero-order chi connectivity index (χ0) is 22.2. The van der Waals surface area contributed by atoms with E-state index in [1.165, 1.54) is 6.20 Å². The highest BCUT2D eigenvalue weighted by Crippen LogP contribution is 2.25.